The van der Waals surface area contributed by atoms with Crippen molar-refractivity contribution in [1.82, 2.24) is 15.2 Å². The van der Waals surface area contributed by atoms with Crippen LogP contribution in [-0.4, -0.2) is 48.7 Å². The molecule has 2 heterocycles. The molecule has 0 unspecified atom stereocenters. The molecule has 0 radical (unpaired) electrons. The number of nitrogens with one attached hydrogen (secondary N) is 2. The number of hydrogen-bond acceptors (Lipinski definition) is 4. The number of rotatable bonds is 7. The summed E-state index contributed by atoms with van der Waals surface area (Å²) >= 11 is 1.79. The molecule has 148 valence electrons. The van der Waals surface area contributed by atoms with Crippen molar-refractivity contribution in [3.05, 3.63) is 45.2 Å². The van der Waals surface area contributed by atoms with Gasteiger partial charge in [-0.3, -0.25) is 9.59 Å². The minimum atomic E-state index is -0.0374. The molecular formula is C20H28ClN3O2S. The molecule has 27 heavy (non-hydrogen) atoms. The number of fused-ring (bicyclic) bond motifs is 3. The summed E-state index contributed by atoms with van der Waals surface area (Å²) in [5, 5.41) is 4.03. The van der Waals surface area contributed by atoms with Crippen LogP contribution in [0.1, 0.15) is 40.7 Å². The van der Waals surface area contributed by atoms with Gasteiger partial charge in [0, 0.05) is 34.3 Å². The van der Waals surface area contributed by atoms with Crippen molar-refractivity contribution in [1.29, 1.82) is 0 Å². The molecule has 5 nitrogen and oxygen atoms in total. The normalized spacial score (nSPS) is 13.3. The highest BCUT2D eigenvalue weighted by molar-refractivity contribution is 7.98. The summed E-state index contributed by atoms with van der Waals surface area (Å²) < 4.78 is 0. The Kier molecular flexibility index (Phi) is 8.20. The lowest BCUT2D eigenvalue weighted by atomic mass is 9.99. The van der Waals surface area contributed by atoms with Crippen molar-refractivity contribution < 1.29 is 4.79 Å². The molecule has 0 aliphatic carbocycles. The van der Waals surface area contributed by atoms with Crippen molar-refractivity contribution in [3.63, 3.8) is 0 Å². The van der Waals surface area contributed by atoms with Crippen LogP contribution in [0.3, 0.4) is 0 Å². The fourth-order valence-electron chi connectivity index (χ4n) is 3.36. The van der Waals surface area contributed by atoms with Gasteiger partial charge in [-0.15, -0.1) is 12.4 Å². The summed E-state index contributed by atoms with van der Waals surface area (Å²) in [7, 11) is 4.15. The van der Waals surface area contributed by atoms with Crippen LogP contribution in [-0.2, 0) is 12.2 Å². The average molecular weight is 410 g/mol. The minimum Gasteiger partial charge on any atom is -0.352 e. The van der Waals surface area contributed by atoms with Gasteiger partial charge in [-0.25, -0.2) is 0 Å². The number of aryl methyl sites for hydroxylation is 1. The monoisotopic (exact) mass is 409 g/mol. The van der Waals surface area contributed by atoms with E-state index in [0.717, 1.165) is 65.8 Å². The van der Waals surface area contributed by atoms with Gasteiger partial charge in [0.05, 0.1) is 0 Å². The second-order valence-corrected chi connectivity index (χ2v) is 8.20. The molecule has 1 aromatic heterocycles. The Bertz CT molecular complexity index is 851. The number of aromatic nitrogens is 1. The second kappa shape index (κ2) is 10.2. The number of halogens is 1. The summed E-state index contributed by atoms with van der Waals surface area (Å²) in [5.41, 5.74) is 3.47. The number of hydrogen-bond donors (Lipinski definition) is 2. The van der Waals surface area contributed by atoms with E-state index in [4.69, 9.17) is 0 Å². The van der Waals surface area contributed by atoms with E-state index < -0.39 is 0 Å². The number of pyridine rings is 1. The zero-order valence-electron chi connectivity index (χ0n) is 16.0. The first-order chi connectivity index (χ1) is 12.6. The topological polar surface area (TPSA) is 65.2 Å². The van der Waals surface area contributed by atoms with Crippen molar-refractivity contribution in [2.45, 2.75) is 31.4 Å². The van der Waals surface area contributed by atoms with Crippen LogP contribution in [0.15, 0.2) is 23.0 Å². The summed E-state index contributed by atoms with van der Waals surface area (Å²) in [5.74, 6) is 1.74. The molecule has 3 rings (SSSR count). The maximum atomic E-state index is 12.5. The highest BCUT2D eigenvalue weighted by Crippen LogP contribution is 2.28. The van der Waals surface area contributed by atoms with Crippen LogP contribution in [0.4, 0.5) is 0 Å². The molecule has 0 saturated heterocycles. The molecule has 2 N–H and O–H groups in total. The van der Waals surface area contributed by atoms with Gasteiger partial charge >= 0.3 is 0 Å². The molecule has 0 fully saturated rings. The van der Waals surface area contributed by atoms with E-state index in [2.05, 4.69) is 29.3 Å². The molecule has 0 atom stereocenters. The molecule has 0 spiro atoms. The van der Waals surface area contributed by atoms with Gasteiger partial charge in [0.2, 0.25) is 0 Å². The largest absolute Gasteiger partial charge is 0.352 e. The number of benzene rings is 1. The Balaban J connectivity index is 0.00000261. The Morgan fingerprint density at radius 1 is 1.22 bits per heavy atom. The van der Waals surface area contributed by atoms with Crippen LogP contribution in [0.2, 0.25) is 0 Å². The van der Waals surface area contributed by atoms with E-state index in [1.807, 2.05) is 12.1 Å². The van der Waals surface area contributed by atoms with Gasteiger partial charge < -0.3 is 15.2 Å². The minimum absolute atomic E-state index is 0. The maximum absolute atomic E-state index is 12.5. The molecule has 7 heteroatoms. The molecule has 1 aromatic carbocycles. The molecule has 1 amide bonds. The first-order valence-corrected chi connectivity index (χ1v) is 10.4. The summed E-state index contributed by atoms with van der Waals surface area (Å²) in [6.07, 6.45) is 4.14. The molecule has 1 aliphatic heterocycles. The number of carbonyl (C=O) groups is 1. The van der Waals surface area contributed by atoms with Crippen molar-refractivity contribution >= 4 is 41.0 Å². The van der Waals surface area contributed by atoms with E-state index in [1.54, 1.807) is 17.8 Å². The summed E-state index contributed by atoms with van der Waals surface area (Å²) in [6.45, 7) is 1.78. The Morgan fingerprint density at radius 2 is 2.04 bits per heavy atom. The third-order valence-electron chi connectivity index (χ3n) is 4.80. The van der Waals surface area contributed by atoms with E-state index in [0.29, 0.717) is 12.1 Å². The lowest BCUT2D eigenvalue weighted by Crippen LogP contribution is -2.25. The predicted molar refractivity (Wildman–Crippen MR) is 116 cm³/mol. The first kappa shape index (κ1) is 21.8. The zero-order valence-corrected chi connectivity index (χ0v) is 17.6. The summed E-state index contributed by atoms with van der Waals surface area (Å²) in [6, 6.07) is 5.58. The molecule has 1 aliphatic rings. The van der Waals surface area contributed by atoms with Crippen molar-refractivity contribution in [3.8, 4) is 0 Å². The Hall–Kier alpha value is -1.50. The van der Waals surface area contributed by atoms with Gasteiger partial charge in [0.25, 0.3) is 11.5 Å². The third-order valence-corrected chi connectivity index (χ3v) is 5.79. The van der Waals surface area contributed by atoms with E-state index in [9.17, 15) is 9.59 Å². The third kappa shape index (κ3) is 5.50. The molecule has 2 aromatic rings. The van der Waals surface area contributed by atoms with E-state index >= 15 is 0 Å². The number of carbonyl (C=O) groups excluding carboxylic acids is 1. The zero-order chi connectivity index (χ0) is 18.5. The van der Waals surface area contributed by atoms with Gasteiger partial charge in [0.15, 0.2) is 0 Å². The van der Waals surface area contributed by atoms with Crippen LogP contribution in [0.5, 0.6) is 0 Å². The van der Waals surface area contributed by atoms with Gasteiger partial charge in [0.1, 0.15) is 0 Å². The lowest BCUT2D eigenvalue weighted by molar-refractivity contribution is 0.0953. The first-order valence-electron chi connectivity index (χ1n) is 9.24. The quantitative estimate of drug-likeness (QED) is 0.689. The molecular weight excluding hydrogens is 382 g/mol. The fraction of sp³-hybridized carbons (Fsp3) is 0.500. The smallest absolute Gasteiger partial charge is 0.252 e. The number of aromatic amines is 1. The number of thioether (sulfide) groups is 1. The van der Waals surface area contributed by atoms with E-state index in [-0.39, 0.29) is 23.9 Å². The van der Waals surface area contributed by atoms with Crippen LogP contribution in [0.25, 0.3) is 10.9 Å². The second-order valence-electron chi connectivity index (χ2n) is 7.09. The number of amides is 1. The molecule has 0 bridgehead atoms. The van der Waals surface area contributed by atoms with Crippen molar-refractivity contribution in [2.75, 3.05) is 32.9 Å². The van der Waals surface area contributed by atoms with E-state index in [1.165, 1.54) is 0 Å². The lowest BCUT2D eigenvalue weighted by Gasteiger charge is -2.17. The Morgan fingerprint density at radius 3 is 2.81 bits per heavy atom. The van der Waals surface area contributed by atoms with Crippen LogP contribution in [0, 0.1) is 0 Å². The van der Waals surface area contributed by atoms with Crippen molar-refractivity contribution in [2.24, 2.45) is 0 Å². The van der Waals surface area contributed by atoms with Gasteiger partial charge in [-0.1, -0.05) is 6.42 Å². The summed E-state index contributed by atoms with van der Waals surface area (Å²) in [4.78, 5) is 29.8. The number of unbranched alkanes of at least 4 members (excludes halogenated alkanes) is 2. The number of H-pyrrole nitrogens is 1. The molecule has 0 saturated carbocycles. The van der Waals surface area contributed by atoms with Crippen LogP contribution >= 0.6 is 24.2 Å². The average Bonchev–Trinajstić information content (AvgIpc) is 2.64. The SMILES string of the molecule is CN(C)CCCCCNC(=O)c1ccc2[nH]c(=O)c3c(c2c1)CCSC3.Cl. The standard InChI is InChI=1S/C20H27N3O2S.ClH/c1-23(2)10-5-3-4-9-21-19(24)14-6-7-18-16(12-14)15-8-11-26-13-17(15)20(25)22-18;/h6-7,12H,3-5,8-11,13H2,1-2H3,(H,21,24)(H,22,25);1H. The fourth-order valence-corrected chi connectivity index (χ4v) is 4.36. The highest BCUT2D eigenvalue weighted by Gasteiger charge is 2.17. The predicted octanol–water partition coefficient (Wildman–Crippen LogP) is 3.20. The van der Waals surface area contributed by atoms with Gasteiger partial charge in [-0.05, 0) is 69.4 Å². The van der Waals surface area contributed by atoms with Crippen LogP contribution < -0.4 is 10.9 Å². The van der Waals surface area contributed by atoms with Gasteiger partial charge in [-0.2, -0.15) is 11.8 Å². The Labute approximate surface area is 170 Å². The maximum Gasteiger partial charge on any atom is 0.252 e. The highest BCUT2D eigenvalue weighted by atomic mass is 35.5. The number of nitrogens with zero attached hydrogens (tertiary/aromatic N) is 1.